The number of carbonyl (C=O) groups is 2. The van der Waals surface area contributed by atoms with Crippen molar-refractivity contribution in [2.45, 2.75) is 25.3 Å². The molecule has 1 N–H and O–H groups in total. The van der Waals surface area contributed by atoms with Crippen LogP contribution in [0.1, 0.15) is 29.6 Å². The highest BCUT2D eigenvalue weighted by molar-refractivity contribution is 7.99. The van der Waals surface area contributed by atoms with E-state index in [0.717, 1.165) is 43.9 Å². The number of pyridine rings is 1. The summed E-state index contributed by atoms with van der Waals surface area (Å²) in [5.74, 6) is 2.21. The lowest BCUT2D eigenvalue weighted by atomic mass is 10.1. The first-order valence-corrected chi connectivity index (χ1v) is 9.71. The normalized spacial score (nSPS) is 23.8. The van der Waals surface area contributed by atoms with Gasteiger partial charge in [0, 0.05) is 48.3 Å². The highest BCUT2D eigenvalue weighted by Crippen LogP contribution is 2.28. The third kappa shape index (κ3) is 3.46. The summed E-state index contributed by atoms with van der Waals surface area (Å²) in [4.78, 5) is 27.0. The molecule has 4 rings (SSSR count). The van der Waals surface area contributed by atoms with Gasteiger partial charge in [0.15, 0.2) is 5.65 Å². The van der Waals surface area contributed by atoms with Crippen LogP contribution >= 0.6 is 11.8 Å². The first kappa shape index (κ1) is 16.3. The lowest BCUT2D eigenvalue weighted by Crippen LogP contribution is -2.41. The van der Waals surface area contributed by atoms with Crippen LogP contribution in [0.15, 0.2) is 18.3 Å². The van der Waals surface area contributed by atoms with Gasteiger partial charge in [0.25, 0.3) is 5.91 Å². The molecular weight excluding hydrogens is 340 g/mol. The van der Waals surface area contributed by atoms with Crippen molar-refractivity contribution >= 4 is 29.2 Å². The zero-order chi connectivity index (χ0) is 17.2. The Labute approximate surface area is 149 Å². The van der Waals surface area contributed by atoms with Crippen molar-refractivity contribution in [3.63, 3.8) is 0 Å². The molecule has 0 unspecified atom stereocenters. The standard InChI is InChI=1S/C16H20N6O2S/c23-15(11-3-4-22-14(10-11)18-19-20-22)17-13-2-1-12(9-13)16(24)21-5-7-25-8-6-21/h3-4,10,12-13H,1-2,5-9H2,(H,17,23)/t12-,13+/m0/s1. The van der Waals surface area contributed by atoms with Crippen LogP contribution in [0.3, 0.4) is 0 Å². The van der Waals surface area contributed by atoms with Gasteiger partial charge in [0.05, 0.1) is 0 Å². The molecule has 0 aromatic carbocycles. The molecule has 2 aromatic rings. The Kier molecular flexibility index (Phi) is 4.56. The SMILES string of the molecule is O=C(N[C@@H]1CC[C@H](C(=O)N2CCSCC2)C1)c1ccn2nnnc2c1. The minimum atomic E-state index is -0.141. The van der Waals surface area contributed by atoms with Crippen LogP contribution < -0.4 is 5.32 Å². The zero-order valence-electron chi connectivity index (χ0n) is 13.8. The van der Waals surface area contributed by atoms with Gasteiger partial charge in [-0.05, 0) is 41.8 Å². The summed E-state index contributed by atoms with van der Waals surface area (Å²) in [6.45, 7) is 1.70. The molecule has 0 spiro atoms. The number of carbonyl (C=O) groups excluding carboxylic acids is 2. The van der Waals surface area contributed by atoms with Crippen LogP contribution in [0.2, 0.25) is 0 Å². The molecule has 8 nitrogen and oxygen atoms in total. The van der Waals surface area contributed by atoms with E-state index in [2.05, 4.69) is 20.8 Å². The maximum Gasteiger partial charge on any atom is 0.251 e. The average Bonchev–Trinajstić information content (AvgIpc) is 3.30. The van der Waals surface area contributed by atoms with E-state index in [1.54, 1.807) is 18.3 Å². The van der Waals surface area contributed by atoms with Gasteiger partial charge in [0.1, 0.15) is 0 Å². The fourth-order valence-corrected chi connectivity index (χ4v) is 4.43. The Balaban J connectivity index is 1.35. The molecule has 2 atom stereocenters. The van der Waals surface area contributed by atoms with Crippen LogP contribution in [0, 0.1) is 5.92 Å². The van der Waals surface area contributed by atoms with Crippen LogP contribution in [0.4, 0.5) is 0 Å². The predicted molar refractivity (Wildman–Crippen MR) is 93.3 cm³/mol. The van der Waals surface area contributed by atoms with E-state index in [4.69, 9.17) is 0 Å². The Bertz CT molecular complexity index is 788. The van der Waals surface area contributed by atoms with E-state index < -0.39 is 0 Å². The second-order valence-corrected chi connectivity index (χ2v) is 7.74. The largest absolute Gasteiger partial charge is 0.349 e. The Hall–Kier alpha value is -2.16. The summed E-state index contributed by atoms with van der Waals surface area (Å²) in [5.41, 5.74) is 1.07. The number of hydrogen-bond acceptors (Lipinski definition) is 6. The molecule has 1 saturated carbocycles. The molecule has 2 amide bonds. The van der Waals surface area contributed by atoms with Crippen molar-refractivity contribution in [1.82, 2.24) is 30.3 Å². The smallest absolute Gasteiger partial charge is 0.251 e. The van der Waals surface area contributed by atoms with Crippen LogP contribution in [-0.4, -0.2) is 67.4 Å². The molecule has 25 heavy (non-hydrogen) atoms. The van der Waals surface area contributed by atoms with Crippen LogP contribution in [0.25, 0.3) is 5.65 Å². The maximum atomic E-state index is 12.6. The highest BCUT2D eigenvalue weighted by atomic mass is 32.2. The Morgan fingerprint density at radius 3 is 2.92 bits per heavy atom. The van der Waals surface area contributed by atoms with Crippen molar-refractivity contribution < 1.29 is 9.59 Å². The molecule has 9 heteroatoms. The maximum absolute atomic E-state index is 12.6. The Morgan fingerprint density at radius 2 is 2.08 bits per heavy atom. The molecule has 2 aliphatic rings. The van der Waals surface area contributed by atoms with Crippen molar-refractivity contribution in [3.8, 4) is 0 Å². The molecule has 1 aliphatic carbocycles. The monoisotopic (exact) mass is 360 g/mol. The number of fused-ring (bicyclic) bond motifs is 1. The molecule has 2 aromatic heterocycles. The predicted octanol–water partition coefficient (Wildman–Crippen LogP) is 0.598. The van der Waals surface area contributed by atoms with Gasteiger partial charge in [-0.25, -0.2) is 4.52 Å². The fourth-order valence-electron chi connectivity index (χ4n) is 3.53. The van der Waals surface area contributed by atoms with Crippen LogP contribution in [-0.2, 0) is 4.79 Å². The highest BCUT2D eigenvalue weighted by Gasteiger charge is 2.33. The number of amides is 2. The summed E-state index contributed by atoms with van der Waals surface area (Å²) in [6.07, 6.45) is 4.09. The van der Waals surface area contributed by atoms with E-state index in [0.29, 0.717) is 11.2 Å². The third-order valence-electron chi connectivity index (χ3n) is 4.90. The molecular formula is C16H20N6O2S. The molecule has 1 aliphatic heterocycles. The van der Waals surface area contributed by atoms with E-state index in [1.165, 1.54) is 4.52 Å². The number of aromatic nitrogens is 4. The second kappa shape index (κ2) is 6.99. The minimum absolute atomic E-state index is 0.0385. The van der Waals surface area contributed by atoms with E-state index >= 15 is 0 Å². The van der Waals surface area contributed by atoms with Crippen molar-refractivity contribution in [2.75, 3.05) is 24.6 Å². The summed E-state index contributed by atoms with van der Waals surface area (Å²) in [5, 5.41) is 14.2. The van der Waals surface area contributed by atoms with Gasteiger partial charge in [-0.3, -0.25) is 9.59 Å². The van der Waals surface area contributed by atoms with Gasteiger partial charge in [-0.2, -0.15) is 11.8 Å². The summed E-state index contributed by atoms with van der Waals surface area (Å²) < 4.78 is 1.51. The van der Waals surface area contributed by atoms with E-state index in [-0.39, 0.29) is 23.8 Å². The lowest BCUT2D eigenvalue weighted by Gasteiger charge is -2.29. The number of rotatable bonds is 3. The summed E-state index contributed by atoms with van der Waals surface area (Å²) >= 11 is 1.90. The molecule has 0 bridgehead atoms. The molecule has 3 heterocycles. The van der Waals surface area contributed by atoms with Gasteiger partial charge in [-0.1, -0.05) is 0 Å². The van der Waals surface area contributed by atoms with E-state index in [9.17, 15) is 9.59 Å². The fraction of sp³-hybridized carbons (Fsp3) is 0.562. The van der Waals surface area contributed by atoms with E-state index in [1.807, 2.05) is 16.7 Å². The molecule has 2 fully saturated rings. The van der Waals surface area contributed by atoms with Gasteiger partial charge in [0.2, 0.25) is 5.91 Å². The quantitative estimate of drug-likeness (QED) is 0.862. The molecule has 0 radical (unpaired) electrons. The molecule has 132 valence electrons. The van der Waals surface area contributed by atoms with Gasteiger partial charge in [-0.15, -0.1) is 5.10 Å². The number of hydrogen-bond donors (Lipinski definition) is 1. The number of nitrogens with one attached hydrogen (secondary N) is 1. The van der Waals surface area contributed by atoms with Gasteiger partial charge < -0.3 is 10.2 Å². The summed E-state index contributed by atoms with van der Waals surface area (Å²) in [6, 6.07) is 3.41. The minimum Gasteiger partial charge on any atom is -0.349 e. The topological polar surface area (TPSA) is 92.5 Å². The van der Waals surface area contributed by atoms with Gasteiger partial charge >= 0.3 is 0 Å². The Morgan fingerprint density at radius 1 is 1.24 bits per heavy atom. The van der Waals surface area contributed by atoms with Crippen LogP contribution in [0.5, 0.6) is 0 Å². The average molecular weight is 360 g/mol. The van der Waals surface area contributed by atoms with Crippen molar-refractivity contribution in [3.05, 3.63) is 23.9 Å². The molecule has 1 saturated heterocycles. The van der Waals surface area contributed by atoms with Crippen molar-refractivity contribution in [2.24, 2.45) is 5.92 Å². The first-order valence-electron chi connectivity index (χ1n) is 8.56. The third-order valence-corrected chi connectivity index (χ3v) is 5.84. The first-order chi connectivity index (χ1) is 12.2. The summed E-state index contributed by atoms with van der Waals surface area (Å²) in [7, 11) is 0. The zero-order valence-corrected chi connectivity index (χ0v) is 14.6. The second-order valence-electron chi connectivity index (χ2n) is 6.52. The number of tetrazole rings is 1. The lowest BCUT2D eigenvalue weighted by molar-refractivity contribution is -0.135. The number of thioether (sulfide) groups is 1. The number of nitrogens with zero attached hydrogens (tertiary/aromatic N) is 5. The van der Waals surface area contributed by atoms with Crippen molar-refractivity contribution in [1.29, 1.82) is 0 Å².